The van der Waals surface area contributed by atoms with E-state index in [2.05, 4.69) is 20.7 Å². The third-order valence-electron chi connectivity index (χ3n) is 4.16. The van der Waals surface area contributed by atoms with Gasteiger partial charge < -0.3 is 15.5 Å². The van der Waals surface area contributed by atoms with E-state index in [0.29, 0.717) is 22.8 Å². The Hall–Kier alpha value is -2.61. The molecule has 26 heavy (non-hydrogen) atoms. The molecule has 0 radical (unpaired) electrons. The van der Waals surface area contributed by atoms with Crippen LogP contribution in [0, 0.1) is 0 Å². The summed E-state index contributed by atoms with van der Waals surface area (Å²) in [5.74, 6) is -0.0397. The first-order chi connectivity index (χ1) is 12.5. The minimum Gasteiger partial charge on any atom is -0.339 e. The number of hydrogen-bond acceptors (Lipinski definition) is 4. The van der Waals surface area contributed by atoms with Crippen molar-refractivity contribution in [1.82, 2.24) is 25.0 Å². The zero-order valence-electron chi connectivity index (χ0n) is 14.5. The smallest absolute Gasteiger partial charge is 0.319 e. The molecule has 1 aliphatic rings. The fourth-order valence-corrected chi connectivity index (χ4v) is 3.06. The molecule has 0 bridgehead atoms. The van der Waals surface area contributed by atoms with Crippen LogP contribution in [-0.4, -0.2) is 50.7 Å². The molecule has 1 saturated heterocycles. The van der Waals surface area contributed by atoms with Gasteiger partial charge in [-0.3, -0.25) is 9.48 Å². The van der Waals surface area contributed by atoms with Crippen LogP contribution in [0.1, 0.15) is 30.1 Å². The molecule has 0 aliphatic carbocycles. The van der Waals surface area contributed by atoms with Crippen molar-refractivity contribution < 1.29 is 9.59 Å². The van der Waals surface area contributed by atoms with Crippen molar-refractivity contribution in [3.05, 3.63) is 41.4 Å². The first-order valence-electron chi connectivity index (χ1n) is 8.51. The van der Waals surface area contributed by atoms with Gasteiger partial charge in [0.1, 0.15) is 12.7 Å². The Morgan fingerprint density at radius 2 is 2.08 bits per heavy atom. The Balaban J connectivity index is 1.61. The van der Waals surface area contributed by atoms with E-state index in [-0.39, 0.29) is 11.9 Å². The van der Waals surface area contributed by atoms with E-state index in [0.717, 1.165) is 25.9 Å². The lowest BCUT2D eigenvalue weighted by Gasteiger charge is -2.17. The molecule has 0 spiro atoms. The predicted molar refractivity (Wildman–Crippen MR) is 98.2 cm³/mol. The summed E-state index contributed by atoms with van der Waals surface area (Å²) in [5, 5.41) is 9.89. The number of rotatable bonds is 5. The lowest BCUT2D eigenvalue weighted by atomic mass is 10.1. The Labute approximate surface area is 156 Å². The van der Waals surface area contributed by atoms with E-state index >= 15 is 0 Å². The van der Waals surface area contributed by atoms with Crippen LogP contribution >= 0.6 is 11.6 Å². The molecule has 1 aromatic carbocycles. The molecule has 1 atom stereocenters. The molecule has 1 fully saturated rings. The van der Waals surface area contributed by atoms with Gasteiger partial charge in [0, 0.05) is 24.7 Å². The van der Waals surface area contributed by atoms with E-state index in [1.54, 1.807) is 29.2 Å². The molecule has 1 aliphatic heterocycles. The monoisotopic (exact) mass is 376 g/mol. The van der Waals surface area contributed by atoms with Crippen LogP contribution in [0.2, 0.25) is 5.02 Å². The lowest BCUT2D eigenvalue weighted by molar-refractivity contribution is 0.0793. The van der Waals surface area contributed by atoms with E-state index in [1.807, 2.05) is 11.8 Å². The lowest BCUT2D eigenvalue weighted by Crippen LogP contribution is -2.38. The molecule has 9 heteroatoms. The third kappa shape index (κ3) is 4.51. The van der Waals surface area contributed by atoms with Crippen LogP contribution in [0.25, 0.3) is 0 Å². The van der Waals surface area contributed by atoms with Gasteiger partial charge in [0.2, 0.25) is 0 Å². The van der Waals surface area contributed by atoms with Crippen molar-refractivity contribution >= 4 is 29.2 Å². The fraction of sp³-hybridized carbons (Fsp3) is 0.412. The minimum atomic E-state index is -0.398. The molecular weight excluding hydrogens is 356 g/mol. The number of nitrogens with zero attached hydrogens (tertiary/aromatic N) is 4. The number of carbonyl (C=O) groups excluding carboxylic acids is 2. The molecule has 1 aromatic heterocycles. The molecule has 2 heterocycles. The second-order valence-electron chi connectivity index (χ2n) is 6.31. The van der Waals surface area contributed by atoms with E-state index in [4.69, 9.17) is 11.6 Å². The number of halogens is 1. The summed E-state index contributed by atoms with van der Waals surface area (Å²) in [7, 11) is 0. The average molecular weight is 377 g/mol. The summed E-state index contributed by atoms with van der Waals surface area (Å²) >= 11 is 6.17. The van der Waals surface area contributed by atoms with E-state index < -0.39 is 6.03 Å². The maximum atomic E-state index is 12.5. The van der Waals surface area contributed by atoms with Gasteiger partial charge in [0.05, 0.1) is 17.3 Å². The zero-order valence-corrected chi connectivity index (χ0v) is 15.2. The van der Waals surface area contributed by atoms with Crippen molar-refractivity contribution in [2.45, 2.75) is 32.4 Å². The van der Waals surface area contributed by atoms with Gasteiger partial charge in [-0.25, -0.2) is 9.78 Å². The molecular formula is C17H21ClN6O2. The Bertz CT molecular complexity index is 774. The first-order valence-corrected chi connectivity index (χ1v) is 8.89. The van der Waals surface area contributed by atoms with Crippen LogP contribution in [0.4, 0.5) is 10.5 Å². The molecule has 3 amide bonds. The number of nitrogens with one attached hydrogen (secondary N) is 2. The maximum absolute atomic E-state index is 12.5. The maximum Gasteiger partial charge on any atom is 0.319 e. The summed E-state index contributed by atoms with van der Waals surface area (Å²) in [6, 6.07) is 4.36. The summed E-state index contributed by atoms with van der Waals surface area (Å²) < 4.78 is 1.63. The molecule has 1 unspecified atom stereocenters. The van der Waals surface area contributed by atoms with Crippen LogP contribution in [0.15, 0.2) is 30.9 Å². The number of carbonyl (C=O) groups is 2. The van der Waals surface area contributed by atoms with Gasteiger partial charge >= 0.3 is 6.03 Å². The predicted octanol–water partition coefficient (Wildman–Crippen LogP) is 2.38. The second-order valence-corrected chi connectivity index (χ2v) is 6.72. The average Bonchev–Trinajstić information content (AvgIpc) is 3.29. The van der Waals surface area contributed by atoms with Crippen molar-refractivity contribution in [1.29, 1.82) is 0 Å². The summed E-state index contributed by atoms with van der Waals surface area (Å²) in [4.78, 5) is 30.4. The van der Waals surface area contributed by atoms with Crippen LogP contribution in [0.5, 0.6) is 0 Å². The number of likely N-dealkylation sites (tertiary alicyclic amines) is 1. The van der Waals surface area contributed by atoms with Gasteiger partial charge in [0.25, 0.3) is 5.91 Å². The highest BCUT2D eigenvalue weighted by Crippen LogP contribution is 2.24. The summed E-state index contributed by atoms with van der Waals surface area (Å²) in [5.41, 5.74) is 0.921. The van der Waals surface area contributed by atoms with Crippen molar-refractivity contribution in [3.63, 3.8) is 0 Å². The standard InChI is InChI=1S/C17H21ClN6O2/c1-12(9-24-11-19-10-20-24)21-17(26)22-15-8-13(4-5-14(15)18)16(25)23-6-2-3-7-23/h4-5,8,10-12H,2-3,6-7,9H2,1H3,(H2,21,22,26). The normalized spacial score (nSPS) is 14.9. The van der Waals surface area contributed by atoms with E-state index in [1.165, 1.54) is 6.33 Å². The highest BCUT2D eigenvalue weighted by molar-refractivity contribution is 6.33. The minimum absolute atomic E-state index is 0.0397. The zero-order chi connectivity index (χ0) is 18.5. The molecule has 0 saturated carbocycles. The van der Waals surface area contributed by atoms with Gasteiger partial charge in [-0.05, 0) is 38.0 Å². The molecule has 3 rings (SSSR count). The largest absolute Gasteiger partial charge is 0.339 e. The molecule has 2 N–H and O–H groups in total. The van der Waals surface area contributed by atoms with Gasteiger partial charge in [0.15, 0.2) is 0 Å². The number of anilines is 1. The van der Waals surface area contributed by atoms with Crippen LogP contribution in [0.3, 0.4) is 0 Å². The summed E-state index contributed by atoms with van der Waals surface area (Å²) in [6.07, 6.45) is 5.07. The Morgan fingerprint density at radius 1 is 1.31 bits per heavy atom. The topological polar surface area (TPSA) is 92.1 Å². The van der Waals surface area contributed by atoms with Crippen LogP contribution in [-0.2, 0) is 6.54 Å². The number of aromatic nitrogens is 3. The third-order valence-corrected chi connectivity index (χ3v) is 4.49. The SMILES string of the molecule is CC(Cn1cncn1)NC(=O)Nc1cc(C(=O)N2CCCC2)ccc1Cl. The van der Waals surface area contributed by atoms with Crippen molar-refractivity contribution in [2.24, 2.45) is 0 Å². The Kier molecular flexibility index (Phi) is 5.72. The fourth-order valence-electron chi connectivity index (χ4n) is 2.89. The quantitative estimate of drug-likeness (QED) is 0.837. The van der Waals surface area contributed by atoms with Gasteiger partial charge in [-0.1, -0.05) is 11.6 Å². The van der Waals surface area contributed by atoms with E-state index in [9.17, 15) is 9.59 Å². The number of urea groups is 1. The number of benzene rings is 1. The molecule has 138 valence electrons. The number of amides is 3. The van der Waals surface area contributed by atoms with Crippen LogP contribution < -0.4 is 10.6 Å². The van der Waals surface area contributed by atoms with Crippen molar-refractivity contribution in [2.75, 3.05) is 18.4 Å². The van der Waals surface area contributed by atoms with Gasteiger partial charge in [-0.15, -0.1) is 0 Å². The van der Waals surface area contributed by atoms with Crippen molar-refractivity contribution in [3.8, 4) is 0 Å². The first kappa shape index (κ1) is 18.2. The molecule has 2 aromatic rings. The second kappa shape index (κ2) is 8.18. The molecule has 8 nitrogen and oxygen atoms in total. The van der Waals surface area contributed by atoms with Gasteiger partial charge in [-0.2, -0.15) is 5.10 Å². The Morgan fingerprint density at radius 3 is 2.77 bits per heavy atom. The highest BCUT2D eigenvalue weighted by Gasteiger charge is 2.20. The summed E-state index contributed by atoms with van der Waals surface area (Å²) in [6.45, 7) is 3.89. The highest BCUT2D eigenvalue weighted by atomic mass is 35.5. The number of hydrogen-bond donors (Lipinski definition) is 2.